The predicted octanol–water partition coefficient (Wildman–Crippen LogP) is 2.04. The number of amidine groups is 1. The average molecular weight is 407 g/mol. The molecule has 1 aromatic heterocycles. The Kier molecular flexibility index (Phi) is 5.24. The van der Waals surface area contributed by atoms with Crippen LogP contribution >= 0.6 is 0 Å². The number of carbonyl (C=O) groups excluding carboxylic acids is 2. The molecule has 2 aromatic rings. The zero-order chi connectivity index (χ0) is 21.4. The lowest BCUT2D eigenvalue weighted by Gasteiger charge is -2.34. The van der Waals surface area contributed by atoms with Gasteiger partial charge in [-0.05, 0) is 45.2 Å². The first-order valence-corrected chi connectivity index (χ1v) is 10.3. The van der Waals surface area contributed by atoms with Crippen LogP contribution in [-0.4, -0.2) is 74.1 Å². The van der Waals surface area contributed by atoms with Crippen molar-refractivity contribution in [3.05, 3.63) is 53.3 Å². The van der Waals surface area contributed by atoms with Gasteiger partial charge in [-0.2, -0.15) is 0 Å². The molecule has 3 heterocycles. The van der Waals surface area contributed by atoms with Gasteiger partial charge in [0.2, 0.25) is 11.9 Å². The fourth-order valence-electron chi connectivity index (χ4n) is 4.12. The molecular formula is C22H27N6O2+. The number of likely N-dealkylation sites (N-methyl/N-ethyl adjacent to an activating group) is 2. The number of rotatable bonds is 5. The molecule has 1 fully saturated rings. The molecule has 0 saturated carbocycles. The van der Waals surface area contributed by atoms with Gasteiger partial charge in [-0.3, -0.25) is 14.6 Å². The Morgan fingerprint density at radius 3 is 2.50 bits per heavy atom. The summed E-state index contributed by atoms with van der Waals surface area (Å²) in [6.07, 6.45) is 1.53. The van der Waals surface area contributed by atoms with E-state index in [0.717, 1.165) is 17.8 Å². The van der Waals surface area contributed by atoms with Crippen molar-refractivity contribution in [3.63, 3.8) is 0 Å². The minimum absolute atomic E-state index is 0.219. The van der Waals surface area contributed by atoms with Gasteiger partial charge in [0.15, 0.2) is 0 Å². The van der Waals surface area contributed by atoms with Gasteiger partial charge in [0, 0.05) is 13.6 Å². The number of hydrogen-bond acceptors (Lipinski definition) is 4. The van der Waals surface area contributed by atoms with E-state index in [4.69, 9.17) is 0 Å². The van der Waals surface area contributed by atoms with Crippen LogP contribution in [0.2, 0.25) is 0 Å². The second-order valence-electron chi connectivity index (χ2n) is 7.72. The van der Waals surface area contributed by atoms with E-state index >= 15 is 0 Å². The molecule has 156 valence electrons. The fraction of sp³-hybridized carbons (Fsp3) is 0.409. The van der Waals surface area contributed by atoms with Gasteiger partial charge in [-0.1, -0.05) is 35.3 Å². The minimum Gasteiger partial charge on any atom is -0.270 e. The van der Waals surface area contributed by atoms with Gasteiger partial charge in [-0.15, -0.1) is 9.78 Å². The SMILES string of the molecule is CC[N+]1=C(n2nc(C)cc2C)N=C2C1C(=O)N(CCCc1ccccc1)C(=O)N2C. The number of hydrogen-bond donors (Lipinski definition) is 0. The number of aromatic nitrogens is 2. The second kappa shape index (κ2) is 7.85. The zero-order valence-corrected chi connectivity index (χ0v) is 17.9. The van der Waals surface area contributed by atoms with Crippen molar-refractivity contribution in [2.45, 2.75) is 39.7 Å². The molecule has 1 aromatic carbocycles. The summed E-state index contributed by atoms with van der Waals surface area (Å²) in [5, 5.41) is 4.52. The number of benzene rings is 1. The van der Waals surface area contributed by atoms with Crippen molar-refractivity contribution < 1.29 is 14.2 Å². The molecule has 1 saturated heterocycles. The Morgan fingerprint density at radius 2 is 1.87 bits per heavy atom. The van der Waals surface area contributed by atoms with Crippen LogP contribution in [-0.2, 0) is 11.2 Å². The van der Waals surface area contributed by atoms with Crippen LogP contribution in [0.1, 0.15) is 30.3 Å². The van der Waals surface area contributed by atoms with Crippen LogP contribution in [0.15, 0.2) is 41.4 Å². The van der Waals surface area contributed by atoms with E-state index in [9.17, 15) is 9.59 Å². The van der Waals surface area contributed by atoms with Crippen LogP contribution in [0.5, 0.6) is 0 Å². The van der Waals surface area contributed by atoms with E-state index in [-0.39, 0.29) is 11.9 Å². The summed E-state index contributed by atoms with van der Waals surface area (Å²) in [7, 11) is 1.68. The maximum absolute atomic E-state index is 13.4. The first-order chi connectivity index (χ1) is 14.4. The third kappa shape index (κ3) is 3.32. The molecule has 0 radical (unpaired) electrons. The lowest BCUT2D eigenvalue weighted by atomic mass is 10.1. The summed E-state index contributed by atoms with van der Waals surface area (Å²) in [5.74, 6) is 0.833. The monoisotopic (exact) mass is 407 g/mol. The van der Waals surface area contributed by atoms with Crippen LogP contribution in [0.4, 0.5) is 4.79 Å². The molecular weight excluding hydrogens is 380 g/mol. The highest BCUT2D eigenvalue weighted by Crippen LogP contribution is 2.21. The lowest BCUT2D eigenvalue weighted by molar-refractivity contribution is -0.534. The third-order valence-electron chi connectivity index (χ3n) is 5.62. The first kappa shape index (κ1) is 20.0. The largest absolute Gasteiger partial charge is 0.421 e. The molecule has 0 N–H and O–H groups in total. The topological polar surface area (TPSA) is 73.8 Å². The standard InChI is InChI=1S/C22H27N6O2/c1-5-26-18-19(23-21(26)28-16(3)14-15(2)24-28)25(4)22(30)27(20(18)29)13-9-12-17-10-7-6-8-11-17/h6-8,10-11,14,18H,5,9,12-13H2,1-4H3/q+1. The predicted molar refractivity (Wildman–Crippen MR) is 114 cm³/mol. The molecule has 8 heteroatoms. The third-order valence-corrected chi connectivity index (χ3v) is 5.62. The molecule has 3 amide bonds. The Labute approximate surface area is 176 Å². The highest BCUT2D eigenvalue weighted by atomic mass is 16.2. The van der Waals surface area contributed by atoms with Gasteiger partial charge in [0.05, 0.1) is 12.2 Å². The van der Waals surface area contributed by atoms with Gasteiger partial charge >= 0.3 is 12.0 Å². The number of urea groups is 1. The number of amides is 3. The molecule has 2 aliphatic heterocycles. The highest BCUT2D eigenvalue weighted by molar-refractivity contribution is 6.22. The quantitative estimate of drug-likeness (QED) is 0.712. The molecule has 4 rings (SSSR count). The summed E-state index contributed by atoms with van der Waals surface area (Å²) < 4.78 is 3.67. The van der Waals surface area contributed by atoms with E-state index in [2.05, 4.69) is 22.2 Å². The fourth-order valence-corrected chi connectivity index (χ4v) is 4.12. The summed E-state index contributed by atoms with van der Waals surface area (Å²) in [4.78, 5) is 33.8. The van der Waals surface area contributed by atoms with E-state index in [1.54, 1.807) is 11.7 Å². The highest BCUT2D eigenvalue weighted by Gasteiger charge is 2.52. The molecule has 0 bridgehead atoms. The Balaban J connectivity index is 1.60. The number of nitrogens with zero attached hydrogens (tertiary/aromatic N) is 6. The van der Waals surface area contributed by atoms with E-state index < -0.39 is 6.04 Å². The maximum atomic E-state index is 13.4. The van der Waals surface area contributed by atoms with E-state index in [0.29, 0.717) is 31.3 Å². The summed E-state index contributed by atoms with van der Waals surface area (Å²) in [5.41, 5.74) is 3.01. The number of imide groups is 1. The molecule has 0 spiro atoms. The van der Waals surface area contributed by atoms with E-state index in [1.807, 2.05) is 49.6 Å². The van der Waals surface area contributed by atoms with Crippen molar-refractivity contribution >= 4 is 23.7 Å². The molecule has 1 unspecified atom stereocenters. The summed E-state index contributed by atoms with van der Waals surface area (Å²) >= 11 is 0. The average Bonchev–Trinajstić information content (AvgIpc) is 3.28. The lowest BCUT2D eigenvalue weighted by Crippen LogP contribution is -2.62. The van der Waals surface area contributed by atoms with Gasteiger partial charge in [-0.25, -0.2) is 9.37 Å². The molecule has 0 aliphatic carbocycles. The van der Waals surface area contributed by atoms with E-state index in [1.165, 1.54) is 15.4 Å². The smallest absolute Gasteiger partial charge is 0.270 e. The van der Waals surface area contributed by atoms with Crippen LogP contribution in [0.25, 0.3) is 0 Å². The Hall–Kier alpha value is -3.29. The van der Waals surface area contributed by atoms with Crippen molar-refractivity contribution in [1.29, 1.82) is 0 Å². The Bertz CT molecular complexity index is 1050. The van der Waals surface area contributed by atoms with Crippen molar-refractivity contribution in [2.75, 3.05) is 20.1 Å². The molecule has 1 atom stereocenters. The number of fused-ring (bicyclic) bond motifs is 1. The van der Waals surface area contributed by atoms with Gasteiger partial charge in [0.1, 0.15) is 5.69 Å². The van der Waals surface area contributed by atoms with Crippen LogP contribution in [0, 0.1) is 13.8 Å². The second-order valence-corrected chi connectivity index (χ2v) is 7.72. The van der Waals surface area contributed by atoms with Crippen molar-refractivity contribution in [1.82, 2.24) is 19.6 Å². The maximum Gasteiger partial charge on any atom is 0.421 e. The number of aliphatic imine (C=N–C) groups is 1. The number of carbonyl (C=O) groups is 2. The van der Waals surface area contributed by atoms with Crippen molar-refractivity contribution in [3.8, 4) is 0 Å². The summed E-state index contributed by atoms with van der Waals surface area (Å²) in [6.45, 7) is 6.82. The van der Waals surface area contributed by atoms with Crippen LogP contribution in [0.3, 0.4) is 0 Å². The molecule has 30 heavy (non-hydrogen) atoms. The van der Waals surface area contributed by atoms with Crippen molar-refractivity contribution in [2.24, 2.45) is 4.99 Å². The minimum atomic E-state index is -0.603. The molecule has 8 nitrogen and oxygen atoms in total. The summed E-state index contributed by atoms with van der Waals surface area (Å²) in [6, 6.07) is 11.1. The molecule has 2 aliphatic rings. The number of aryl methyl sites for hydroxylation is 3. The van der Waals surface area contributed by atoms with Gasteiger partial charge in [0.25, 0.3) is 5.91 Å². The zero-order valence-electron chi connectivity index (χ0n) is 17.9. The van der Waals surface area contributed by atoms with Crippen LogP contribution < -0.4 is 0 Å². The normalized spacial score (nSPS) is 18.9. The first-order valence-electron chi connectivity index (χ1n) is 10.3. The van der Waals surface area contributed by atoms with Gasteiger partial charge < -0.3 is 0 Å². The Morgan fingerprint density at radius 1 is 1.13 bits per heavy atom.